The topological polar surface area (TPSA) is 107 Å². The zero-order chi connectivity index (χ0) is 22.8. The van der Waals surface area contributed by atoms with Gasteiger partial charge in [-0.1, -0.05) is 12.1 Å². The Morgan fingerprint density at radius 1 is 1.03 bits per heavy atom. The highest BCUT2D eigenvalue weighted by molar-refractivity contribution is 6.09. The molecular weight excluding hydrogens is 400 g/mol. The maximum absolute atomic E-state index is 12.6. The average Bonchev–Trinajstić information content (AvgIpc) is 2.78. The number of anilines is 1. The Morgan fingerprint density at radius 3 is 2.23 bits per heavy atom. The number of methoxy groups -OCH3 is 3. The molecule has 0 aliphatic carbocycles. The molecule has 0 radical (unpaired) electrons. The summed E-state index contributed by atoms with van der Waals surface area (Å²) >= 11 is 0. The zero-order valence-electron chi connectivity index (χ0n) is 18.1. The second kappa shape index (κ2) is 11.5. The highest BCUT2D eigenvalue weighted by Crippen LogP contribution is 2.38. The van der Waals surface area contributed by atoms with Gasteiger partial charge >= 0.3 is 0 Å². The third kappa shape index (κ3) is 5.89. The lowest BCUT2D eigenvalue weighted by atomic mass is 9.98. The highest BCUT2D eigenvalue weighted by atomic mass is 16.5. The molecule has 0 fully saturated rings. The van der Waals surface area contributed by atoms with E-state index in [1.807, 2.05) is 6.92 Å². The molecule has 1 atom stereocenters. The molecule has 2 aromatic rings. The summed E-state index contributed by atoms with van der Waals surface area (Å²) in [4.78, 5) is 25.2. The molecule has 0 aliphatic heterocycles. The van der Waals surface area contributed by atoms with Crippen LogP contribution >= 0.6 is 0 Å². The molecule has 1 amide bonds. The first-order chi connectivity index (χ1) is 15.0. The van der Waals surface area contributed by atoms with Crippen molar-refractivity contribution in [2.45, 2.75) is 19.8 Å². The summed E-state index contributed by atoms with van der Waals surface area (Å²) < 4.78 is 21.4. The van der Waals surface area contributed by atoms with E-state index in [1.165, 1.54) is 21.3 Å². The van der Waals surface area contributed by atoms with Gasteiger partial charge in [0.25, 0.3) is 0 Å². The largest absolute Gasteiger partial charge is 0.493 e. The lowest BCUT2D eigenvalue weighted by molar-refractivity contribution is -0.128. The van der Waals surface area contributed by atoms with Crippen molar-refractivity contribution in [3.63, 3.8) is 0 Å². The summed E-state index contributed by atoms with van der Waals surface area (Å²) in [6.45, 7) is 2.24. The number of hydrogen-bond donors (Lipinski definition) is 1. The fourth-order valence-corrected chi connectivity index (χ4v) is 3.02. The van der Waals surface area contributed by atoms with Crippen LogP contribution in [0.1, 0.15) is 18.9 Å². The van der Waals surface area contributed by atoms with Gasteiger partial charge in [-0.25, -0.2) is 0 Å². The van der Waals surface area contributed by atoms with E-state index in [0.717, 1.165) is 5.56 Å². The number of amides is 1. The number of ether oxygens (including phenoxy) is 4. The van der Waals surface area contributed by atoms with Gasteiger partial charge in [-0.05, 0) is 43.2 Å². The first kappa shape index (κ1) is 23.5. The Hall–Kier alpha value is -3.73. The number of nitriles is 1. The van der Waals surface area contributed by atoms with Gasteiger partial charge in [-0.15, -0.1) is 0 Å². The zero-order valence-corrected chi connectivity index (χ0v) is 18.1. The standard InChI is InChI=1S/C23H26N2O6/c1-5-31-19-9-7-6-8-17(19)25-23(27)16(14-24)18(26)11-10-15-12-20(28-2)22(30-4)21(13-15)29-3/h6-9,12-13,16H,5,10-11H2,1-4H3,(H,25,27). The molecule has 0 aromatic heterocycles. The lowest BCUT2D eigenvalue weighted by Crippen LogP contribution is -2.29. The Kier molecular flexibility index (Phi) is 8.70. The third-order valence-electron chi connectivity index (χ3n) is 4.54. The predicted molar refractivity (Wildman–Crippen MR) is 115 cm³/mol. The van der Waals surface area contributed by atoms with Gasteiger partial charge in [0.2, 0.25) is 11.7 Å². The molecule has 8 nitrogen and oxygen atoms in total. The summed E-state index contributed by atoms with van der Waals surface area (Å²) in [5.74, 6) is -0.760. The van der Waals surface area contributed by atoms with Gasteiger partial charge in [0.1, 0.15) is 5.75 Å². The maximum Gasteiger partial charge on any atom is 0.249 e. The molecule has 0 bridgehead atoms. The van der Waals surface area contributed by atoms with E-state index >= 15 is 0 Å². The number of rotatable bonds is 11. The molecular formula is C23H26N2O6. The minimum Gasteiger partial charge on any atom is -0.493 e. The molecule has 0 heterocycles. The molecule has 0 saturated carbocycles. The molecule has 0 aliphatic rings. The van der Waals surface area contributed by atoms with Crippen LogP contribution in [0, 0.1) is 17.2 Å². The summed E-state index contributed by atoms with van der Waals surface area (Å²) in [6, 6.07) is 12.1. The number of Topliss-reactive ketones (excluding diaryl/α,β-unsaturated/α-hetero) is 1. The predicted octanol–water partition coefficient (Wildman–Crippen LogP) is 3.39. The normalized spacial score (nSPS) is 11.1. The highest BCUT2D eigenvalue weighted by Gasteiger charge is 2.27. The van der Waals surface area contributed by atoms with E-state index in [0.29, 0.717) is 41.7 Å². The molecule has 1 N–H and O–H groups in total. The number of benzene rings is 2. The van der Waals surface area contributed by atoms with Gasteiger partial charge in [-0.3, -0.25) is 9.59 Å². The van der Waals surface area contributed by atoms with Crippen molar-refractivity contribution in [3.05, 3.63) is 42.0 Å². The maximum atomic E-state index is 12.6. The van der Waals surface area contributed by atoms with Crippen LogP contribution in [0.25, 0.3) is 0 Å². The number of carbonyl (C=O) groups is 2. The number of carbonyl (C=O) groups excluding carboxylic acids is 2. The first-order valence-electron chi connectivity index (χ1n) is 9.72. The van der Waals surface area contributed by atoms with Crippen molar-refractivity contribution >= 4 is 17.4 Å². The van der Waals surface area contributed by atoms with Crippen LogP contribution < -0.4 is 24.3 Å². The fraction of sp³-hybridized carbons (Fsp3) is 0.348. The summed E-state index contributed by atoms with van der Waals surface area (Å²) in [6.07, 6.45) is 0.300. The van der Waals surface area contributed by atoms with E-state index in [4.69, 9.17) is 18.9 Å². The molecule has 2 aromatic carbocycles. The van der Waals surface area contributed by atoms with Gasteiger partial charge in [-0.2, -0.15) is 5.26 Å². The van der Waals surface area contributed by atoms with E-state index in [1.54, 1.807) is 42.5 Å². The molecule has 31 heavy (non-hydrogen) atoms. The van der Waals surface area contributed by atoms with Crippen LogP contribution in [0.4, 0.5) is 5.69 Å². The van der Waals surface area contributed by atoms with Gasteiger partial charge < -0.3 is 24.3 Å². The second-order valence-electron chi connectivity index (χ2n) is 6.48. The molecule has 1 unspecified atom stereocenters. The third-order valence-corrected chi connectivity index (χ3v) is 4.54. The Morgan fingerprint density at radius 2 is 1.68 bits per heavy atom. The van der Waals surface area contributed by atoms with Crippen LogP contribution in [0.2, 0.25) is 0 Å². The Balaban J connectivity index is 2.10. The van der Waals surface area contributed by atoms with E-state index < -0.39 is 17.6 Å². The monoisotopic (exact) mass is 426 g/mol. The van der Waals surface area contributed by atoms with Crippen molar-refractivity contribution in [2.75, 3.05) is 33.3 Å². The van der Waals surface area contributed by atoms with Gasteiger partial charge in [0.15, 0.2) is 23.2 Å². The van der Waals surface area contributed by atoms with E-state index in [9.17, 15) is 14.9 Å². The minimum absolute atomic E-state index is 0.00259. The number of ketones is 1. The SMILES string of the molecule is CCOc1ccccc1NC(=O)C(C#N)C(=O)CCc1cc(OC)c(OC)c(OC)c1. The summed E-state index contributed by atoms with van der Waals surface area (Å²) in [5.41, 5.74) is 1.16. The van der Waals surface area contributed by atoms with Crippen LogP contribution in [0.5, 0.6) is 23.0 Å². The number of nitrogens with zero attached hydrogens (tertiary/aromatic N) is 1. The van der Waals surface area contributed by atoms with Crippen molar-refractivity contribution < 1.29 is 28.5 Å². The number of hydrogen-bond acceptors (Lipinski definition) is 7. The van der Waals surface area contributed by atoms with Crippen LogP contribution in [0.3, 0.4) is 0 Å². The van der Waals surface area contributed by atoms with Gasteiger partial charge in [0, 0.05) is 6.42 Å². The number of nitrogens with one attached hydrogen (secondary N) is 1. The molecule has 0 spiro atoms. The average molecular weight is 426 g/mol. The molecule has 164 valence electrons. The first-order valence-corrected chi connectivity index (χ1v) is 9.72. The van der Waals surface area contributed by atoms with E-state index in [-0.39, 0.29) is 6.42 Å². The van der Waals surface area contributed by atoms with Crippen LogP contribution in [-0.4, -0.2) is 39.6 Å². The number of para-hydroxylation sites is 2. The Labute approximate surface area is 181 Å². The quantitative estimate of drug-likeness (QED) is 0.549. The fourth-order valence-electron chi connectivity index (χ4n) is 3.02. The minimum atomic E-state index is -1.43. The van der Waals surface area contributed by atoms with Crippen molar-refractivity contribution in [3.8, 4) is 29.1 Å². The number of aryl methyl sites for hydroxylation is 1. The lowest BCUT2D eigenvalue weighted by Gasteiger charge is -2.15. The van der Waals surface area contributed by atoms with Crippen molar-refractivity contribution in [1.29, 1.82) is 5.26 Å². The van der Waals surface area contributed by atoms with Crippen molar-refractivity contribution in [2.24, 2.45) is 5.92 Å². The summed E-state index contributed by atoms with van der Waals surface area (Å²) in [7, 11) is 4.51. The smallest absolute Gasteiger partial charge is 0.249 e. The Bertz CT molecular complexity index is 942. The van der Waals surface area contributed by atoms with Crippen LogP contribution in [-0.2, 0) is 16.0 Å². The van der Waals surface area contributed by atoms with E-state index in [2.05, 4.69) is 5.32 Å². The molecule has 2 rings (SSSR count). The summed E-state index contributed by atoms with van der Waals surface area (Å²) in [5, 5.41) is 12.0. The molecule has 0 saturated heterocycles. The second-order valence-corrected chi connectivity index (χ2v) is 6.48. The van der Waals surface area contributed by atoms with Crippen molar-refractivity contribution in [1.82, 2.24) is 0 Å². The van der Waals surface area contributed by atoms with Crippen LogP contribution in [0.15, 0.2) is 36.4 Å². The van der Waals surface area contributed by atoms with Gasteiger partial charge in [0.05, 0.1) is 39.7 Å². The molecule has 8 heteroatoms.